The zero-order valence-electron chi connectivity index (χ0n) is 10.2. The lowest BCUT2D eigenvalue weighted by Gasteiger charge is -2.29. The van der Waals surface area contributed by atoms with Crippen molar-refractivity contribution < 1.29 is 14.7 Å². The maximum absolute atomic E-state index is 11.3. The largest absolute Gasteiger partial charge is 0.481 e. The number of nitrogens with two attached hydrogens (primary N) is 2. The van der Waals surface area contributed by atoms with Crippen molar-refractivity contribution in [3.05, 3.63) is 24.3 Å². The fourth-order valence-electron chi connectivity index (χ4n) is 1.64. The van der Waals surface area contributed by atoms with Crippen molar-refractivity contribution in [1.29, 1.82) is 0 Å². The second-order valence-electron chi connectivity index (χ2n) is 3.97. The first kappa shape index (κ1) is 13.8. The van der Waals surface area contributed by atoms with E-state index >= 15 is 0 Å². The number of anilines is 2. The van der Waals surface area contributed by atoms with E-state index in [0.717, 1.165) is 0 Å². The highest BCUT2D eigenvalue weighted by Crippen LogP contribution is 2.24. The molecule has 0 bridgehead atoms. The van der Waals surface area contributed by atoms with Gasteiger partial charge in [0.2, 0.25) is 5.91 Å². The highest BCUT2D eigenvalue weighted by atomic mass is 16.4. The number of para-hydroxylation sites is 2. The predicted molar refractivity (Wildman–Crippen MR) is 69.1 cm³/mol. The van der Waals surface area contributed by atoms with Crippen molar-refractivity contribution in [3.63, 3.8) is 0 Å². The van der Waals surface area contributed by atoms with E-state index in [2.05, 4.69) is 0 Å². The number of aliphatic carboxylic acids is 1. The zero-order chi connectivity index (χ0) is 13.7. The number of nitrogen functional groups attached to an aromatic ring is 1. The van der Waals surface area contributed by atoms with Crippen molar-refractivity contribution in [2.45, 2.75) is 19.4 Å². The lowest BCUT2D eigenvalue weighted by molar-refractivity contribution is -0.137. The SMILES string of the molecule is CC(C(N)=O)N(CCC(=O)O)c1ccccc1N. The smallest absolute Gasteiger partial charge is 0.305 e. The molecule has 1 aromatic carbocycles. The highest BCUT2D eigenvalue weighted by Gasteiger charge is 2.21. The fraction of sp³-hybridized carbons (Fsp3) is 0.333. The Hall–Kier alpha value is -2.24. The number of amides is 1. The summed E-state index contributed by atoms with van der Waals surface area (Å²) in [6, 6.07) is 6.35. The van der Waals surface area contributed by atoms with Gasteiger partial charge >= 0.3 is 5.97 Å². The van der Waals surface area contributed by atoms with Crippen LogP contribution in [0.15, 0.2) is 24.3 Å². The van der Waals surface area contributed by atoms with Crippen LogP contribution in [0.3, 0.4) is 0 Å². The number of nitrogens with zero attached hydrogens (tertiary/aromatic N) is 1. The van der Waals surface area contributed by atoms with E-state index in [1.54, 1.807) is 36.1 Å². The molecule has 1 aromatic rings. The van der Waals surface area contributed by atoms with E-state index < -0.39 is 17.9 Å². The molecular weight excluding hydrogens is 234 g/mol. The summed E-state index contributed by atoms with van der Waals surface area (Å²) in [6.45, 7) is 1.80. The van der Waals surface area contributed by atoms with E-state index in [4.69, 9.17) is 16.6 Å². The first-order valence-corrected chi connectivity index (χ1v) is 5.55. The standard InChI is InChI=1S/C12H17N3O3/c1-8(12(14)18)15(7-6-11(16)17)10-5-3-2-4-9(10)13/h2-5,8H,6-7,13H2,1H3,(H2,14,18)(H,16,17). The monoisotopic (exact) mass is 251 g/mol. The molecule has 0 radical (unpaired) electrons. The molecule has 6 heteroatoms. The topological polar surface area (TPSA) is 110 Å². The van der Waals surface area contributed by atoms with Crippen molar-refractivity contribution >= 4 is 23.3 Å². The third-order valence-electron chi connectivity index (χ3n) is 2.69. The molecule has 18 heavy (non-hydrogen) atoms. The van der Waals surface area contributed by atoms with Crippen LogP contribution in [-0.4, -0.2) is 29.6 Å². The number of primary amides is 1. The van der Waals surface area contributed by atoms with Crippen molar-refractivity contribution in [1.82, 2.24) is 0 Å². The summed E-state index contributed by atoms with van der Waals surface area (Å²) in [6.07, 6.45) is -0.0913. The van der Waals surface area contributed by atoms with Gasteiger partial charge < -0.3 is 21.5 Å². The Morgan fingerprint density at radius 3 is 2.50 bits per heavy atom. The third kappa shape index (κ3) is 3.38. The molecule has 0 aromatic heterocycles. The van der Waals surface area contributed by atoms with Gasteiger partial charge in [-0.1, -0.05) is 12.1 Å². The molecule has 0 aliphatic heterocycles. The number of carboxylic acids is 1. The molecule has 0 heterocycles. The van der Waals surface area contributed by atoms with Crippen LogP contribution in [0.2, 0.25) is 0 Å². The number of carboxylic acid groups (broad SMARTS) is 1. The Labute approximate surface area is 105 Å². The third-order valence-corrected chi connectivity index (χ3v) is 2.69. The van der Waals surface area contributed by atoms with E-state index in [-0.39, 0.29) is 13.0 Å². The van der Waals surface area contributed by atoms with Crippen LogP contribution in [0.1, 0.15) is 13.3 Å². The fourth-order valence-corrected chi connectivity index (χ4v) is 1.64. The first-order valence-electron chi connectivity index (χ1n) is 5.55. The summed E-state index contributed by atoms with van der Waals surface area (Å²) in [4.78, 5) is 23.5. The van der Waals surface area contributed by atoms with Crippen molar-refractivity contribution in [3.8, 4) is 0 Å². The van der Waals surface area contributed by atoms with Gasteiger partial charge in [-0.2, -0.15) is 0 Å². The second kappa shape index (κ2) is 5.90. The summed E-state index contributed by atoms with van der Waals surface area (Å²) in [5, 5.41) is 8.72. The molecule has 1 rings (SSSR count). The molecule has 98 valence electrons. The Bertz CT molecular complexity index is 448. The quantitative estimate of drug-likeness (QED) is 0.635. The molecular formula is C12H17N3O3. The van der Waals surface area contributed by atoms with Gasteiger partial charge in [0.15, 0.2) is 0 Å². The van der Waals surface area contributed by atoms with Crippen molar-refractivity contribution in [2.24, 2.45) is 5.73 Å². The van der Waals surface area contributed by atoms with Crippen LogP contribution < -0.4 is 16.4 Å². The molecule has 0 aliphatic rings. The molecule has 0 fully saturated rings. The van der Waals surface area contributed by atoms with Gasteiger partial charge in [-0.05, 0) is 19.1 Å². The summed E-state index contributed by atoms with van der Waals surface area (Å²) in [5.74, 6) is -1.46. The van der Waals surface area contributed by atoms with E-state index in [9.17, 15) is 9.59 Å². The molecule has 6 nitrogen and oxygen atoms in total. The second-order valence-corrected chi connectivity index (χ2v) is 3.97. The summed E-state index contributed by atoms with van der Waals surface area (Å²) < 4.78 is 0. The summed E-state index contributed by atoms with van der Waals surface area (Å²) in [7, 11) is 0. The number of rotatable bonds is 6. The predicted octanol–water partition coefficient (Wildman–Crippen LogP) is 0.424. The van der Waals surface area contributed by atoms with E-state index in [0.29, 0.717) is 11.4 Å². The summed E-state index contributed by atoms with van der Waals surface area (Å²) >= 11 is 0. The number of hydrogen-bond donors (Lipinski definition) is 3. The van der Waals surface area contributed by atoms with Crippen LogP contribution >= 0.6 is 0 Å². The van der Waals surface area contributed by atoms with Gasteiger partial charge in [-0.3, -0.25) is 9.59 Å². The molecule has 0 saturated carbocycles. The number of hydrogen-bond acceptors (Lipinski definition) is 4. The van der Waals surface area contributed by atoms with Crippen LogP contribution in [0, 0.1) is 0 Å². The van der Waals surface area contributed by atoms with Gasteiger partial charge in [-0.15, -0.1) is 0 Å². The van der Waals surface area contributed by atoms with Gasteiger partial charge in [-0.25, -0.2) is 0 Å². The highest BCUT2D eigenvalue weighted by molar-refractivity contribution is 5.85. The van der Waals surface area contributed by atoms with E-state index in [1.165, 1.54) is 0 Å². The minimum atomic E-state index is -0.939. The lowest BCUT2D eigenvalue weighted by Crippen LogP contribution is -2.44. The number of benzene rings is 1. The van der Waals surface area contributed by atoms with E-state index in [1.807, 2.05) is 0 Å². The molecule has 0 aliphatic carbocycles. The van der Waals surface area contributed by atoms with Crippen LogP contribution in [0.25, 0.3) is 0 Å². The Kier molecular flexibility index (Phi) is 4.53. The zero-order valence-corrected chi connectivity index (χ0v) is 10.2. The molecule has 0 spiro atoms. The van der Waals surface area contributed by atoms with Crippen molar-refractivity contribution in [2.75, 3.05) is 17.2 Å². The molecule has 0 saturated heterocycles. The molecule has 5 N–H and O–H groups in total. The van der Waals surface area contributed by atoms with Gasteiger partial charge in [0, 0.05) is 6.54 Å². The number of carbonyl (C=O) groups is 2. The van der Waals surface area contributed by atoms with Crippen LogP contribution in [0.5, 0.6) is 0 Å². The first-order chi connectivity index (χ1) is 8.43. The van der Waals surface area contributed by atoms with Gasteiger partial charge in [0.25, 0.3) is 0 Å². The van der Waals surface area contributed by atoms with Gasteiger partial charge in [0.1, 0.15) is 6.04 Å². The molecule has 1 atom stereocenters. The Morgan fingerprint density at radius 2 is 2.00 bits per heavy atom. The van der Waals surface area contributed by atoms with Crippen LogP contribution in [-0.2, 0) is 9.59 Å². The summed E-state index contributed by atoms with van der Waals surface area (Å²) in [5.41, 5.74) is 12.2. The molecule has 1 unspecified atom stereocenters. The maximum atomic E-state index is 11.3. The average molecular weight is 251 g/mol. The Balaban J connectivity index is 3.00. The molecule has 1 amide bonds. The average Bonchev–Trinajstić information content (AvgIpc) is 2.30. The van der Waals surface area contributed by atoms with Gasteiger partial charge in [0.05, 0.1) is 17.8 Å². The minimum absolute atomic E-state index is 0.0913. The maximum Gasteiger partial charge on any atom is 0.305 e. The number of carbonyl (C=O) groups excluding carboxylic acids is 1. The lowest BCUT2D eigenvalue weighted by atomic mass is 10.1. The Morgan fingerprint density at radius 1 is 1.39 bits per heavy atom. The van der Waals surface area contributed by atoms with Crippen LogP contribution in [0.4, 0.5) is 11.4 Å². The minimum Gasteiger partial charge on any atom is -0.481 e. The normalized spacial score (nSPS) is 11.8.